The van der Waals surface area contributed by atoms with Crippen molar-refractivity contribution in [1.82, 2.24) is 0 Å². The molecule has 57 heavy (non-hydrogen) atoms. The molecule has 4 aromatic carbocycles. The molecule has 6 nitrogen and oxygen atoms in total. The fraction of sp³-hybridized carbons (Fsp3) is 0.583. The van der Waals surface area contributed by atoms with E-state index in [0.717, 1.165) is 36.5 Å². The van der Waals surface area contributed by atoms with Gasteiger partial charge in [-0.2, -0.15) is 0 Å². The first-order valence-electron chi connectivity index (χ1n) is 22.0. The average Bonchev–Trinajstić information content (AvgIpc) is 3.17. The second-order valence-electron chi connectivity index (χ2n) is 15.7. The third kappa shape index (κ3) is 20.1. The molecule has 4 rings (SSSR count). The van der Waals surface area contributed by atoms with Crippen molar-refractivity contribution in [3.05, 3.63) is 83.9 Å². The second-order valence-corrected chi connectivity index (χ2v) is 18.4. The molecule has 4 aromatic rings. The zero-order valence-corrected chi connectivity index (χ0v) is 39.1. The summed E-state index contributed by atoms with van der Waals surface area (Å²) in [7, 11) is -8.95. The monoisotopic (exact) mass is 846 g/mol. The van der Waals surface area contributed by atoms with Crippen LogP contribution in [0, 0.1) is 0 Å². The van der Waals surface area contributed by atoms with Crippen LogP contribution in [0.3, 0.4) is 0 Å². The Morgan fingerprint density at radius 1 is 0.368 bits per heavy atom. The molecule has 0 saturated heterocycles. The quantitative estimate of drug-likeness (QED) is 0.0319. The van der Waals surface area contributed by atoms with Gasteiger partial charge in [-0.05, 0) is 58.4 Å². The van der Waals surface area contributed by atoms with E-state index in [4.69, 9.17) is 0 Å². The molecule has 0 bridgehead atoms. The van der Waals surface area contributed by atoms with Crippen molar-refractivity contribution in [1.29, 1.82) is 0 Å². The van der Waals surface area contributed by atoms with Gasteiger partial charge >= 0.3 is 37.7 Å². The number of hydrogen-bond donors (Lipinski definition) is 0. The fourth-order valence-corrected chi connectivity index (χ4v) is 9.77. The SMILES string of the molecule is CCCCCCCCCCCCCCc1ccc2ccccc2c1S(=O)(=O)[O-].CCCCCCCCCCCCCCc1ccc2ccccc2c1S(=O)(=O)[O-].[Ca+2]. The molecule has 0 amide bonds. The zero-order chi connectivity index (χ0) is 40.5. The fourth-order valence-electron chi connectivity index (χ4n) is 7.87. The summed E-state index contributed by atoms with van der Waals surface area (Å²) in [5.74, 6) is 0. The van der Waals surface area contributed by atoms with Crippen LogP contribution in [-0.4, -0.2) is 63.7 Å². The molecule has 0 unspecified atom stereocenters. The largest absolute Gasteiger partial charge is 2.00 e. The van der Waals surface area contributed by atoms with Crippen LogP contribution in [0.15, 0.2) is 82.6 Å². The Hall–Kier alpha value is -1.52. The van der Waals surface area contributed by atoms with Gasteiger partial charge in [0.05, 0.1) is 9.79 Å². The van der Waals surface area contributed by atoms with Crippen LogP contribution in [0.4, 0.5) is 0 Å². The second kappa shape index (κ2) is 29.7. The molecule has 0 atom stereocenters. The molecule has 0 aliphatic rings. The van der Waals surface area contributed by atoms with Gasteiger partial charge in [-0.3, -0.25) is 0 Å². The van der Waals surface area contributed by atoms with Gasteiger partial charge in [-0.25, -0.2) is 16.8 Å². The number of hydrogen-bond acceptors (Lipinski definition) is 6. The summed E-state index contributed by atoms with van der Waals surface area (Å²) in [6, 6.07) is 21.9. The first kappa shape index (κ1) is 51.6. The third-order valence-electron chi connectivity index (χ3n) is 11.0. The molecular weight excluding hydrogens is 777 g/mol. The van der Waals surface area contributed by atoms with E-state index in [2.05, 4.69) is 13.8 Å². The summed E-state index contributed by atoms with van der Waals surface area (Å²) >= 11 is 0. The van der Waals surface area contributed by atoms with E-state index in [1.807, 2.05) is 48.5 Å². The van der Waals surface area contributed by atoms with Crippen molar-refractivity contribution < 1.29 is 25.9 Å². The Kier molecular flexibility index (Phi) is 26.9. The Balaban J connectivity index is 0.000000387. The summed E-state index contributed by atoms with van der Waals surface area (Å²) in [6.07, 6.45) is 31.8. The van der Waals surface area contributed by atoms with E-state index in [9.17, 15) is 25.9 Å². The van der Waals surface area contributed by atoms with Gasteiger partial charge in [0.2, 0.25) is 0 Å². The number of benzene rings is 4. The minimum Gasteiger partial charge on any atom is -0.744 e. The maximum atomic E-state index is 11.8. The predicted octanol–water partition coefficient (Wildman–Crippen LogP) is 13.6. The van der Waals surface area contributed by atoms with Crippen molar-refractivity contribution in [2.45, 2.75) is 191 Å². The van der Waals surface area contributed by atoms with Crippen LogP contribution in [0.2, 0.25) is 0 Å². The molecule has 0 heterocycles. The van der Waals surface area contributed by atoms with Gasteiger partial charge < -0.3 is 9.11 Å². The molecule has 0 spiro atoms. The Bertz CT molecular complexity index is 1770. The third-order valence-corrected chi connectivity index (χ3v) is 13.0. The van der Waals surface area contributed by atoms with Crippen molar-refractivity contribution in [3.8, 4) is 0 Å². The van der Waals surface area contributed by atoms with Crippen molar-refractivity contribution in [3.63, 3.8) is 0 Å². The number of aryl methyl sites for hydroxylation is 2. The Labute approximate surface area is 376 Å². The normalized spacial score (nSPS) is 11.7. The van der Waals surface area contributed by atoms with E-state index >= 15 is 0 Å². The molecule has 0 aliphatic heterocycles. The van der Waals surface area contributed by atoms with Crippen molar-refractivity contribution in [2.24, 2.45) is 0 Å². The standard InChI is InChI=1S/2C24H36O3S.Ca/c2*1-2-3-4-5-6-7-8-9-10-11-12-13-17-22-20-19-21-16-14-15-18-23(21)24(22)28(25,26)27;/h2*14-16,18-20H,2-13,17H2,1H3,(H,25,26,27);/q;;+2/p-2. The summed E-state index contributed by atoms with van der Waals surface area (Å²) in [5, 5.41) is 2.70. The maximum absolute atomic E-state index is 11.8. The molecule has 0 aromatic heterocycles. The Morgan fingerprint density at radius 2 is 0.632 bits per heavy atom. The van der Waals surface area contributed by atoms with Gasteiger partial charge in [-0.15, -0.1) is 0 Å². The van der Waals surface area contributed by atoms with Crippen LogP contribution in [-0.2, 0) is 33.1 Å². The molecule has 0 N–H and O–H groups in total. The van der Waals surface area contributed by atoms with Gasteiger partial charge in [0, 0.05) is 0 Å². The van der Waals surface area contributed by atoms with Crippen molar-refractivity contribution >= 4 is 79.5 Å². The van der Waals surface area contributed by atoms with Crippen LogP contribution in [0.1, 0.15) is 179 Å². The van der Waals surface area contributed by atoms with Gasteiger partial charge in [-0.1, -0.05) is 228 Å². The van der Waals surface area contributed by atoms with Gasteiger partial charge in [0.25, 0.3) is 0 Å². The van der Waals surface area contributed by atoms with Crippen LogP contribution < -0.4 is 0 Å². The molecule has 312 valence electrons. The summed E-state index contributed by atoms with van der Waals surface area (Å²) in [5.41, 5.74) is 1.33. The summed E-state index contributed by atoms with van der Waals surface area (Å²) in [6.45, 7) is 4.50. The minimum atomic E-state index is -4.48. The van der Waals surface area contributed by atoms with Crippen LogP contribution in [0.25, 0.3) is 21.5 Å². The first-order valence-corrected chi connectivity index (χ1v) is 24.8. The first-order chi connectivity index (χ1) is 27.1. The topological polar surface area (TPSA) is 114 Å². The molecule has 0 fully saturated rings. The molecule has 0 radical (unpaired) electrons. The predicted molar refractivity (Wildman–Crippen MR) is 239 cm³/mol. The Morgan fingerprint density at radius 3 is 0.912 bits per heavy atom. The van der Waals surface area contributed by atoms with Crippen LogP contribution >= 0.6 is 0 Å². The van der Waals surface area contributed by atoms with E-state index in [0.29, 0.717) is 34.7 Å². The maximum Gasteiger partial charge on any atom is 2.00 e. The van der Waals surface area contributed by atoms with Gasteiger partial charge in [0.1, 0.15) is 20.2 Å². The molecule has 0 aliphatic carbocycles. The van der Waals surface area contributed by atoms with E-state index in [-0.39, 0.29) is 47.5 Å². The number of fused-ring (bicyclic) bond motifs is 2. The molecule has 0 saturated carbocycles. The molecular formula is C48H70CaO6S2. The number of rotatable bonds is 28. The molecule has 9 heteroatoms. The smallest absolute Gasteiger partial charge is 0.744 e. The summed E-state index contributed by atoms with van der Waals surface area (Å²) < 4.78 is 71.0. The van der Waals surface area contributed by atoms with E-state index in [1.54, 1.807) is 24.3 Å². The van der Waals surface area contributed by atoms with E-state index < -0.39 is 20.2 Å². The summed E-state index contributed by atoms with van der Waals surface area (Å²) in [4.78, 5) is -0.0395. The average molecular weight is 847 g/mol. The van der Waals surface area contributed by atoms with E-state index in [1.165, 1.54) is 128 Å². The van der Waals surface area contributed by atoms with Crippen molar-refractivity contribution in [2.75, 3.05) is 0 Å². The van der Waals surface area contributed by atoms with Gasteiger partial charge in [0.15, 0.2) is 0 Å². The zero-order valence-electron chi connectivity index (χ0n) is 35.3. The van der Waals surface area contributed by atoms with Crippen LogP contribution in [0.5, 0.6) is 0 Å². The minimum absolute atomic E-state index is 0. The number of unbranched alkanes of at least 4 members (excludes halogenated alkanes) is 22.